The quantitative estimate of drug-likeness (QED) is 0.605. The van der Waals surface area contributed by atoms with Crippen molar-refractivity contribution in [3.63, 3.8) is 0 Å². The third-order valence-corrected chi connectivity index (χ3v) is 2.10. The fraction of sp³-hybridized carbons (Fsp3) is 0.250. The minimum atomic E-state index is -1.69. The van der Waals surface area contributed by atoms with Gasteiger partial charge in [-0.25, -0.2) is 0 Å². The molecule has 0 bridgehead atoms. The second kappa shape index (κ2) is 5.14. The molecular formula is C8H7N3O7. The Morgan fingerprint density at radius 1 is 1.11 bits per heavy atom. The maximum absolute atomic E-state index is 10.7. The zero-order chi connectivity index (χ0) is 13.9. The highest BCUT2D eigenvalue weighted by Crippen LogP contribution is 2.29. The number of nitrogens with zero attached hydrogens (tertiary/aromatic N) is 3. The Morgan fingerprint density at radius 2 is 1.72 bits per heavy atom. The number of rotatable bonds is 5. The first kappa shape index (κ1) is 13.4. The maximum atomic E-state index is 10.7. The first-order chi connectivity index (χ1) is 8.32. The van der Waals surface area contributed by atoms with E-state index in [1.807, 2.05) is 0 Å². The number of aliphatic hydroxyl groups is 1. The van der Waals surface area contributed by atoms with E-state index in [9.17, 15) is 35.4 Å². The largest absolute Gasteiger partial charge is 0.381 e. The van der Waals surface area contributed by atoms with E-state index in [0.29, 0.717) is 6.07 Å². The molecule has 1 atom stereocenters. The molecule has 0 amide bonds. The Labute approximate surface area is 98.9 Å². The monoisotopic (exact) mass is 257 g/mol. The summed E-state index contributed by atoms with van der Waals surface area (Å²) >= 11 is 0. The van der Waals surface area contributed by atoms with E-state index in [4.69, 9.17) is 0 Å². The predicted molar refractivity (Wildman–Crippen MR) is 56.6 cm³/mol. The van der Waals surface area contributed by atoms with Gasteiger partial charge >= 0.3 is 0 Å². The number of non-ortho nitro benzene ring substituents is 1. The van der Waals surface area contributed by atoms with Gasteiger partial charge in [0.25, 0.3) is 11.4 Å². The Morgan fingerprint density at radius 3 is 2.17 bits per heavy atom. The Hall–Kier alpha value is -2.62. The van der Waals surface area contributed by atoms with Crippen molar-refractivity contribution < 1.29 is 19.9 Å². The Kier molecular flexibility index (Phi) is 3.84. The van der Waals surface area contributed by atoms with Gasteiger partial charge in [-0.2, -0.15) is 0 Å². The van der Waals surface area contributed by atoms with Crippen LogP contribution in [-0.4, -0.2) is 26.4 Å². The summed E-state index contributed by atoms with van der Waals surface area (Å²) < 4.78 is 0. The molecule has 0 aliphatic carbocycles. The normalized spacial score (nSPS) is 11.8. The number of aliphatic hydroxyl groups excluding tert-OH is 1. The summed E-state index contributed by atoms with van der Waals surface area (Å²) in [6, 6.07) is 2.52. The molecule has 0 aliphatic rings. The van der Waals surface area contributed by atoms with Crippen molar-refractivity contribution in [3.05, 3.63) is 54.1 Å². The van der Waals surface area contributed by atoms with E-state index in [-0.39, 0.29) is 5.56 Å². The molecule has 0 spiro atoms. The number of hydrogen-bond donors (Lipinski definition) is 1. The summed E-state index contributed by atoms with van der Waals surface area (Å²) in [6.45, 7) is -0.918. The van der Waals surface area contributed by atoms with Crippen LogP contribution in [0.5, 0.6) is 0 Å². The van der Waals surface area contributed by atoms with Crippen LogP contribution in [-0.2, 0) is 0 Å². The molecular weight excluding hydrogens is 250 g/mol. The molecule has 18 heavy (non-hydrogen) atoms. The highest BCUT2D eigenvalue weighted by atomic mass is 16.6. The van der Waals surface area contributed by atoms with Gasteiger partial charge in [-0.1, -0.05) is 0 Å². The highest BCUT2D eigenvalue weighted by molar-refractivity contribution is 5.50. The Bertz CT molecular complexity index is 515. The Balaban J connectivity index is 3.23. The van der Waals surface area contributed by atoms with E-state index >= 15 is 0 Å². The van der Waals surface area contributed by atoms with Gasteiger partial charge in [0.05, 0.1) is 21.5 Å². The van der Waals surface area contributed by atoms with Crippen LogP contribution < -0.4 is 0 Å². The standard InChI is InChI=1S/C8H7N3O7/c12-8(4-9(13)14)6-2-1-5(10(15)16)3-7(6)11(17)18/h1-3,8,12H,4H2/t8-/m0/s1. The van der Waals surface area contributed by atoms with E-state index < -0.39 is 38.8 Å². The zero-order valence-corrected chi connectivity index (χ0v) is 8.75. The van der Waals surface area contributed by atoms with Gasteiger partial charge in [-0.15, -0.1) is 0 Å². The molecule has 0 aliphatic heterocycles. The molecule has 0 unspecified atom stereocenters. The second-order valence-electron chi connectivity index (χ2n) is 3.29. The summed E-state index contributed by atoms with van der Waals surface area (Å²) in [4.78, 5) is 28.7. The van der Waals surface area contributed by atoms with E-state index in [1.54, 1.807) is 0 Å². The molecule has 10 heteroatoms. The minimum Gasteiger partial charge on any atom is -0.381 e. The lowest BCUT2D eigenvalue weighted by Crippen LogP contribution is -2.13. The fourth-order valence-corrected chi connectivity index (χ4v) is 1.33. The SMILES string of the molecule is O=[N+]([O-])C[C@H](O)c1ccc([N+](=O)[O-])cc1[N+](=O)[O-]. The van der Waals surface area contributed by atoms with Gasteiger partial charge in [0.15, 0.2) is 0 Å². The molecule has 1 aromatic rings. The number of benzene rings is 1. The third kappa shape index (κ3) is 2.95. The fourth-order valence-electron chi connectivity index (χ4n) is 1.33. The van der Waals surface area contributed by atoms with Crippen molar-refractivity contribution >= 4 is 11.4 Å². The predicted octanol–water partition coefficient (Wildman–Crippen LogP) is 0.813. The third-order valence-electron chi connectivity index (χ3n) is 2.10. The van der Waals surface area contributed by atoms with Crippen LogP contribution in [0.15, 0.2) is 18.2 Å². The molecule has 1 N–H and O–H groups in total. The topological polar surface area (TPSA) is 150 Å². The lowest BCUT2D eigenvalue weighted by molar-refractivity contribution is -0.492. The van der Waals surface area contributed by atoms with Crippen molar-refractivity contribution in [3.8, 4) is 0 Å². The van der Waals surface area contributed by atoms with Crippen molar-refractivity contribution in [2.45, 2.75) is 6.10 Å². The zero-order valence-electron chi connectivity index (χ0n) is 8.75. The molecule has 10 nitrogen and oxygen atoms in total. The van der Waals surface area contributed by atoms with Gasteiger partial charge in [0.1, 0.15) is 6.10 Å². The molecule has 0 aromatic heterocycles. The van der Waals surface area contributed by atoms with Crippen LogP contribution in [0.3, 0.4) is 0 Å². The minimum absolute atomic E-state index is 0.331. The van der Waals surface area contributed by atoms with Crippen molar-refractivity contribution in [2.24, 2.45) is 0 Å². The average molecular weight is 257 g/mol. The molecule has 96 valence electrons. The van der Waals surface area contributed by atoms with E-state index in [0.717, 1.165) is 12.1 Å². The molecule has 0 heterocycles. The number of nitro groups is 3. The van der Waals surface area contributed by atoms with Crippen LogP contribution in [0.25, 0.3) is 0 Å². The van der Waals surface area contributed by atoms with Gasteiger partial charge in [0, 0.05) is 11.0 Å². The van der Waals surface area contributed by atoms with Crippen LogP contribution in [0.2, 0.25) is 0 Å². The van der Waals surface area contributed by atoms with Crippen LogP contribution in [0.1, 0.15) is 11.7 Å². The smallest absolute Gasteiger partial charge is 0.282 e. The van der Waals surface area contributed by atoms with E-state index in [2.05, 4.69) is 0 Å². The van der Waals surface area contributed by atoms with Crippen LogP contribution >= 0.6 is 0 Å². The van der Waals surface area contributed by atoms with Crippen molar-refractivity contribution in [1.29, 1.82) is 0 Å². The molecule has 0 saturated carbocycles. The maximum Gasteiger partial charge on any atom is 0.282 e. The highest BCUT2D eigenvalue weighted by Gasteiger charge is 2.26. The number of hydrogen-bond acceptors (Lipinski definition) is 7. The number of nitro benzene ring substituents is 2. The van der Waals surface area contributed by atoms with E-state index in [1.165, 1.54) is 0 Å². The molecule has 1 aromatic carbocycles. The summed E-state index contributed by atoms with van der Waals surface area (Å²) in [6.07, 6.45) is -1.69. The molecule has 0 radical (unpaired) electrons. The summed E-state index contributed by atoms with van der Waals surface area (Å²) in [7, 11) is 0. The van der Waals surface area contributed by atoms with Gasteiger partial charge < -0.3 is 5.11 Å². The molecule has 0 fully saturated rings. The summed E-state index contributed by atoms with van der Waals surface area (Å²) in [5.74, 6) is 0. The molecule has 1 rings (SSSR count). The van der Waals surface area contributed by atoms with Gasteiger partial charge in [-0.05, 0) is 6.07 Å². The lowest BCUT2D eigenvalue weighted by Gasteiger charge is -2.06. The van der Waals surface area contributed by atoms with Crippen molar-refractivity contribution in [1.82, 2.24) is 0 Å². The second-order valence-corrected chi connectivity index (χ2v) is 3.29. The van der Waals surface area contributed by atoms with Crippen LogP contribution in [0, 0.1) is 30.3 Å². The first-order valence-corrected chi connectivity index (χ1v) is 4.55. The van der Waals surface area contributed by atoms with Gasteiger partial charge in [-0.3, -0.25) is 30.3 Å². The van der Waals surface area contributed by atoms with Gasteiger partial charge in [0.2, 0.25) is 6.54 Å². The van der Waals surface area contributed by atoms with Crippen LogP contribution in [0.4, 0.5) is 11.4 Å². The van der Waals surface area contributed by atoms with Crippen molar-refractivity contribution in [2.75, 3.05) is 6.54 Å². The molecule has 0 saturated heterocycles. The summed E-state index contributed by atoms with van der Waals surface area (Å²) in [5.41, 5.74) is -1.58. The lowest BCUT2D eigenvalue weighted by atomic mass is 10.1. The first-order valence-electron chi connectivity index (χ1n) is 4.55. The average Bonchev–Trinajstić information content (AvgIpc) is 2.26. The summed E-state index contributed by atoms with van der Waals surface area (Å²) in [5, 5.41) is 40.8.